The number of carboxylic acids is 1. The van der Waals surface area contributed by atoms with Gasteiger partial charge in [0.25, 0.3) is 0 Å². The number of methoxy groups -OCH3 is 2. The van der Waals surface area contributed by atoms with Crippen molar-refractivity contribution in [2.75, 3.05) is 38.8 Å². The highest BCUT2D eigenvalue weighted by Gasteiger charge is 2.38. The molecule has 12 nitrogen and oxygen atoms in total. The number of rotatable bonds is 11. The van der Waals surface area contributed by atoms with Crippen molar-refractivity contribution in [1.29, 1.82) is 0 Å². The molecule has 2 aromatic heterocycles. The van der Waals surface area contributed by atoms with Crippen LogP contribution in [0.5, 0.6) is 11.5 Å². The summed E-state index contributed by atoms with van der Waals surface area (Å²) in [6.45, 7) is 2.48. The Morgan fingerprint density at radius 3 is 2.35 bits per heavy atom. The number of carboxylic acid groups (broad SMARTS) is 1. The minimum Gasteiger partial charge on any atom is -0.493 e. The second kappa shape index (κ2) is 14.3. The van der Waals surface area contributed by atoms with E-state index in [4.69, 9.17) is 41.8 Å². The minimum atomic E-state index is -1.33. The summed E-state index contributed by atoms with van der Waals surface area (Å²) in [6.07, 6.45) is 3.74. The van der Waals surface area contributed by atoms with Gasteiger partial charge in [-0.2, -0.15) is 0 Å². The quantitative estimate of drug-likeness (QED) is 0.145. The van der Waals surface area contributed by atoms with Crippen LogP contribution in [0.15, 0.2) is 65.3 Å². The predicted molar refractivity (Wildman–Crippen MR) is 174 cm³/mol. The third-order valence-corrected chi connectivity index (χ3v) is 9.58. The average Bonchev–Trinajstić information content (AvgIpc) is 3.51. The molecular formula is C34H35Cl2N4O8+. The van der Waals surface area contributed by atoms with E-state index in [1.807, 2.05) is 6.07 Å². The van der Waals surface area contributed by atoms with Gasteiger partial charge in [0.05, 0.1) is 14.2 Å². The molecule has 3 aliphatic heterocycles. The number of piperidine rings is 3. The molecule has 0 radical (unpaired) electrons. The van der Waals surface area contributed by atoms with Gasteiger partial charge in [0.2, 0.25) is 18.3 Å². The summed E-state index contributed by atoms with van der Waals surface area (Å²) in [5.41, 5.74) is 1.22. The number of pyridine rings is 1. The van der Waals surface area contributed by atoms with Crippen molar-refractivity contribution < 1.29 is 43.3 Å². The Bertz CT molecular complexity index is 1770. The minimum absolute atomic E-state index is 0.0105. The van der Waals surface area contributed by atoms with Crippen LogP contribution in [-0.4, -0.2) is 72.2 Å². The van der Waals surface area contributed by atoms with Crippen LogP contribution in [0.2, 0.25) is 10.0 Å². The number of fused-ring (bicyclic) bond motifs is 3. The maximum atomic E-state index is 13.8. The normalized spacial score (nSPS) is 19.0. The number of hydrogen-bond donors (Lipinski definition) is 2. The second-order valence-corrected chi connectivity index (χ2v) is 12.6. The molecule has 0 unspecified atom stereocenters. The molecule has 3 fully saturated rings. The molecule has 1 amide bonds. The molecule has 2 atom stereocenters. The zero-order valence-corrected chi connectivity index (χ0v) is 27.9. The number of aromatic nitrogens is 2. The molecule has 5 heterocycles. The van der Waals surface area contributed by atoms with Crippen LogP contribution in [0.25, 0.3) is 0 Å². The summed E-state index contributed by atoms with van der Waals surface area (Å²) < 4.78 is 24.0. The first-order valence-electron chi connectivity index (χ1n) is 15.4. The van der Waals surface area contributed by atoms with E-state index >= 15 is 0 Å². The summed E-state index contributed by atoms with van der Waals surface area (Å²) in [5, 5.41) is 20.6. The number of hydrogen-bond acceptors (Lipinski definition) is 9. The molecule has 4 aromatic rings. The Kier molecular flexibility index (Phi) is 9.95. The number of para-hydroxylation sites is 1. The van der Waals surface area contributed by atoms with Gasteiger partial charge in [0, 0.05) is 28.4 Å². The Balaban J connectivity index is 1.39. The first kappa shape index (κ1) is 33.4. The molecule has 48 heavy (non-hydrogen) atoms. The maximum absolute atomic E-state index is 13.8. The second-order valence-electron chi connectivity index (χ2n) is 11.8. The zero-order chi connectivity index (χ0) is 33.9. The first-order valence-corrected chi connectivity index (χ1v) is 16.2. The molecule has 3 saturated heterocycles. The van der Waals surface area contributed by atoms with Crippen LogP contribution in [-0.2, 0) is 17.7 Å². The molecule has 2 aromatic carbocycles. The van der Waals surface area contributed by atoms with Gasteiger partial charge >= 0.3 is 12.1 Å². The number of oxazole rings is 1. The van der Waals surface area contributed by atoms with Gasteiger partial charge in [0.15, 0.2) is 17.2 Å². The van der Waals surface area contributed by atoms with Gasteiger partial charge in [-0.3, -0.25) is 15.0 Å². The van der Waals surface area contributed by atoms with E-state index in [-0.39, 0.29) is 46.5 Å². The van der Waals surface area contributed by atoms with Gasteiger partial charge in [-0.1, -0.05) is 47.5 Å². The third-order valence-electron chi connectivity index (χ3n) is 8.93. The number of nitrogens with zero attached hydrogens (tertiary/aromatic N) is 4. The van der Waals surface area contributed by atoms with Crippen LogP contribution < -0.4 is 19.1 Å². The van der Waals surface area contributed by atoms with Crippen LogP contribution in [0.3, 0.4) is 0 Å². The Morgan fingerprint density at radius 1 is 1.06 bits per heavy atom. The van der Waals surface area contributed by atoms with Crippen molar-refractivity contribution in [3.8, 4) is 11.5 Å². The van der Waals surface area contributed by atoms with Crippen molar-refractivity contribution in [2.45, 2.75) is 37.8 Å². The van der Waals surface area contributed by atoms with Crippen molar-refractivity contribution in [3.05, 3.63) is 99.4 Å². The number of benzene rings is 2. The number of amides is 1. The Labute approximate surface area is 286 Å². The summed E-state index contributed by atoms with van der Waals surface area (Å²) in [6, 6.07) is 14.1. The molecule has 2 N–H and O–H groups in total. The summed E-state index contributed by atoms with van der Waals surface area (Å²) in [7, 11) is 3.00. The van der Waals surface area contributed by atoms with Crippen molar-refractivity contribution in [1.82, 2.24) is 9.88 Å². The zero-order valence-electron chi connectivity index (χ0n) is 26.3. The van der Waals surface area contributed by atoms with Crippen LogP contribution in [0.4, 0.5) is 10.5 Å². The van der Waals surface area contributed by atoms with Crippen molar-refractivity contribution in [2.24, 2.45) is 5.92 Å². The lowest BCUT2D eigenvalue weighted by Gasteiger charge is -2.44. The van der Waals surface area contributed by atoms with E-state index in [1.165, 1.54) is 31.5 Å². The summed E-state index contributed by atoms with van der Waals surface area (Å²) in [5.74, 6) is -0.967. The average molecular weight is 699 g/mol. The lowest BCUT2D eigenvalue weighted by molar-refractivity contribution is -0.904. The molecule has 2 bridgehead atoms. The molecule has 252 valence electrons. The number of halogens is 2. The molecule has 14 heteroatoms. The van der Waals surface area contributed by atoms with Crippen molar-refractivity contribution in [3.63, 3.8) is 0 Å². The van der Waals surface area contributed by atoms with E-state index in [0.717, 1.165) is 30.7 Å². The first-order chi connectivity index (χ1) is 23.1. The third kappa shape index (κ3) is 7.01. The summed E-state index contributed by atoms with van der Waals surface area (Å²) in [4.78, 5) is 34.5. The maximum Gasteiger partial charge on any atom is 0.415 e. The predicted octanol–water partition coefficient (Wildman–Crippen LogP) is 5.83. The van der Waals surface area contributed by atoms with Crippen LogP contribution in [0, 0.1) is 5.92 Å². The summed E-state index contributed by atoms with van der Waals surface area (Å²) >= 11 is 13.0. The van der Waals surface area contributed by atoms with E-state index in [1.54, 1.807) is 42.5 Å². The topological polar surface area (TPSA) is 139 Å². The molecule has 0 saturated carbocycles. The number of ether oxygens (including phenoxy) is 3. The smallest absolute Gasteiger partial charge is 0.415 e. The number of carbonyl (C=O) groups excluding carboxylic acids is 1. The Morgan fingerprint density at radius 2 is 1.75 bits per heavy atom. The molecule has 3 aliphatic rings. The van der Waals surface area contributed by atoms with E-state index < -0.39 is 18.0 Å². The largest absolute Gasteiger partial charge is 0.493 e. The van der Waals surface area contributed by atoms with Crippen LogP contribution >= 0.6 is 23.2 Å². The van der Waals surface area contributed by atoms with E-state index in [0.29, 0.717) is 40.8 Å². The lowest BCUT2D eigenvalue weighted by atomic mass is 9.86. The van der Waals surface area contributed by atoms with E-state index in [2.05, 4.69) is 9.88 Å². The highest BCUT2D eigenvalue weighted by Crippen LogP contribution is 2.39. The fourth-order valence-electron chi connectivity index (χ4n) is 6.45. The molecule has 0 aliphatic carbocycles. The fraction of sp³-hybridized carbons (Fsp3) is 0.353. The monoisotopic (exact) mass is 697 g/mol. The van der Waals surface area contributed by atoms with Gasteiger partial charge < -0.3 is 23.7 Å². The Hall–Kier alpha value is -4.52. The molecular weight excluding hydrogens is 663 g/mol. The standard InChI is InChI=1S/C34H34Cl2N4O8/c1-45-27-9-8-21(14-28(27)46-2)23(15-24-25(35)16-39(44)17-26(24)36)32-31(33(41)42)37-30(48-32)19-40(22-6-4-3-5-7-22)34(43)47-29-18-38-12-10-20(29)11-13-38/h3-9,14,16-17,20,23,29H,10-13,15,18-19H2,1-2H3,(H-,41,42,44)/p+1/t23-,29-/m0/s1. The van der Waals surface area contributed by atoms with Crippen molar-refractivity contribution >= 4 is 41.0 Å². The fourth-order valence-corrected chi connectivity index (χ4v) is 7.05. The molecule has 0 spiro atoms. The SMILES string of the molecule is COc1ccc([C@H](Cc2c(Cl)c[n+](O)cc2Cl)c2oc(CN(C(=O)O[C@H]3CN4CCC3CC4)c3ccccc3)nc2C(=O)O)cc1OC. The van der Waals surface area contributed by atoms with Gasteiger partial charge in [0.1, 0.15) is 28.5 Å². The van der Waals surface area contributed by atoms with Gasteiger partial charge in [-0.05, 0) is 68.1 Å². The number of aromatic carboxylic acids is 1. The van der Waals surface area contributed by atoms with Crippen LogP contribution in [0.1, 0.15) is 52.0 Å². The highest BCUT2D eigenvalue weighted by atomic mass is 35.5. The number of carbonyl (C=O) groups is 2. The van der Waals surface area contributed by atoms with Gasteiger partial charge in [-0.25, -0.2) is 14.6 Å². The number of anilines is 1. The highest BCUT2D eigenvalue weighted by molar-refractivity contribution is 6.35. The van der Waals surface area contributed by atoms with E-state index in [9.17, 15) is 19.9 Å². The van der Waals surface area contributed by atoms with Gasteiger partial charge in [-0.15, -0.1) is 0 Å². The lowest BCUT2D eigenvalue weighted by Crippen LogP contribution is -2.53. The molecule has 7 rings (SSSR count).